The van der Waals surface area contributed by atoms with Gasteiger partial charge in [-0.2, -0.15) is 10.1 Å². The molecule has 4 rings (SSSR count). The molecule has 29 heavy (non-hydrogen) atoms. The highest BCUT2D eigenvalue weighted by atomic mass is 16.5. The summed E-state index contributed by atoms with van der Waals surface area (Å²) in [5.41, 5.74) is 1.39. The van der Waals surface area contributed by atoms with Crippen molar-refractivity contribution in [2.45, 2.75) is 57.9 Å². The zero-order valence-corrected chi connectivity index (χ0v) is 17.3. The summed E-state index contributed by atoms with van der Waals surface area (Å²) in [5, 5.41) is 8.35. The Morgan fingerprint density at radius 3 is 2.72 bits per heavy atom. The lowest BCUT2D eigenvalue weighted by Gasteiger charge is -2.27. The maximum atomic E-state index is 12.7. The number of hydrogen-bond donors (Lipinski definition) is 0. The zero-order valence-electron chi connectivity index (χ0n) is 17.3. The summed E-state index contributed by atoms with van der Waals surface area (Å²) in [5.74, 6) is 1.70. The number of aryl methyl sites for hydroxylation is 2. The lowest BCUT2D eigenvalue weighted by molar-refractivity contribution is -0.130. The number of likely N-dealkylation sites (tertiary alicyclic amines) is 1. The van der Waals surface area contributed by atoms with Crippen LogP contribution in [-0.4, -0.2) is 67.2 Å². The van der Waals surface area contributed by atoms with Crippen LogP contribution in [0.1, 0.15) is 66.4 Å². The molecular formula is C20H28N6O3. The average Bonchev–Trinajstić information content (AvgIpc) is 3.35. The van der Waals surface area contributed by atoms with E-state index in [2.05, 4.69) is 15.2 Å². The normalized spacial score (nSPS) is 19.4. The van der Waals surface area contributed by atoms with Gasteiger partial charge in [0.15, 0.2) is 11.5 Å². The molecular weight excluding hydrogens is 372 g/mol. The Labute approximate surface area is 170 Å². The highest BCUT2D eigenvalue weighted by Crippen LogP contribution is 2.35. The molecule has 0 bridgehead atoms. The molecule has 0 aromatic carbocycles. The van der Waals surface area contributed by atoms with Crippen molar-refractivity contribution in [1.29, 1.82) is 0 Å². The quantitative estimate of drug-likeness (QED) is 0.732. The van der Waals surface area contributed by atoms with Crippen molar-refractivity contribution in [2.75, 3.05) is 19.6 Å². The molecule has 2 aromatic rings. The van der Waals surface area contributed by atoms with E-state index in [1.165, 1.54) is 6.42 Å². The summed E-state index contributed by atoms with van der Waals surface area (Å²) in [6, 6.07) is 1.80. The van der Waals surface area contributed by atoms with Gasteiger partial charge in [-0.3, -0.25) is 14.3 Å². The van der Waals surface area contributed by atoms with E-state index in [0.717, 1.165) is 30.8 Å². The Bertz CT molecular complexity index is 880. The molecule has 1 saturated heterocycles. The number of carbonyl (C=O) groups excluding carboxylic acids is 2. The second kappa shape index (κ2) is 7.96. The summed E-state index contributed by atoms with van der Waals surface area (Å²) in [4.78, 5) is 33.1. The summed E-state index contributed by atoms with van der Waals surface area (Å²) in [6.45, 7) is 5.16. The minimum Gasteiger partial charge on any atom is -0.339 e. The molecule has 1 aliphatic carbocycles. The molecule has 0 radical (unpaired) electrons. The van der Waals surface area contributed by atoms with Crippen molar-refractivity contribution in [3.63, 3.8) is 0 Å². The summed E-state index contributed by atoms with van der Waals surface area (Å²) < 4.78 is 7.07. The van der Waals surface area contributed by atoms with Crippen LogP contribution in [0.5, 0.6) is 0 Å². The first-order valence-corrected chi connectivity index (χ1v) is 10.3. The summed E-state index contributed by atoms with van der Waals surface area (Å²) in [6.07, 6.45) is 4.76. The van der Waals surface area contributed by atoms with E-state index in [0.29, 0.717) is 43.5 Å². The first-order valence-electron chi connectivity index (χ1n) is 10.3. The largest absolute Gasteiger partial charge is 0.339 e. The Hall–Kier alpha value is -2.71. The second-order valence-electron chi connectivity index (χ2n) is 8.13. The molecule has 0 N–H and O–H groups in total. The smallest absolute Gasteiger partial charge is 0.274 e. The van der Waals surface area contributed by atoms with Gasteiger partial charge < -0.3 is 14.3 Å². The first kappa shape index (κ1) is 19.6. The van der Waals surface area contributed by atoms with Gasteiger partial charge in [-0.1, -0.05) is 11.6 Å². The standard InChI is InChI=1S/C20H28N6O3/c1-13-11-17(22-24(13)3)20(28)25-9-7-16(12-25)26(14(2)27)10-8-18-21-19(29-23-18)15-5-4-6-15/h11,15-16H,4-10,12H2,1-3H3. The van der Waals surface area contributed by atoms with Gasteiger partial charge in [0.1, 0.15) is 0 Å². The Balaban J connectivity index is 1.35. The van der Waals surface area contributed by atoms with Crippen molar-refractivity contribution in [3.8, 4) is 0 Å². The van der Waals surface area contributed by atoms with Crippen LogP contribution in [-0.2, 0) is 18.3 Å². The number of nitrogens with zero attached hydrogens (tertiary/aromatic N) is 6. The number of amides is 2. The number of rotatable bonds is 6. The molecule has 1 aliphatic heterocycles. The molecule has 2 aliphatic rings. The Kier molecular flexibility index (Phi) is 5.38. The van der Waals surface area contributed by atoms with Gasteiger partial charge >= 0.3 is 0 Å². The monoisotopic (exact) mass is 400 g/mol. The van der Waals surface area contributed by atoms with Crippen molar-refractivity contribution < 1.29 is 14.1 Å². The molecule has 2 amide bonds. The fourth-order valence-electron chi connectivity index (χ4n) is 4.02. The van der Waals surface area contributed by atoms with Crippen LogP contribution in [0.2, 0.25) is 0 Å². The van der Waals surface area contributed by atoms with Crippen molar-refractivity contribution in [3.05, 3.63) is 29.2 Å². The maximum absolute atomic E-state index is 12.7. The SMILES string of the molecule is CC(=O)N(CCc1noc(C2CCC2)n1)C1CCN(C(=O)c2cc(C)n(C)n2)C1. The number of hydrogen-bond acceptors (Lipinski definition) is 6. The van der Waals surface area contributed by atoms with E-state index in [-0.39, 0.29) is 17.9 Å². The zero-order chi connectivity index (χ0) is 20.5. The van der Waals surface area contributed by atoms with Gasteiger partial charge in [0.2, 0.25) is 11.8 Å². The minimum absolute atomic E-state index is 0.000640. The van der Waals surface area contributed by atoms with Crippen LogP contribution in [0.15, 0.2) is 10.6 Å². The van der Waals surface area contributed by atoms with E-state index in [9.17, 15) is 9.59 Å². The molecule has 1 atom stereocenters. The molecule has 1 saturated carbocycles. The van der Waals surface area contributed by atoms with Gasteiger partial charge in [0.25, 0.3) is 5.91 Å². The van der Waals surface area contributed by atoms with Crippen LogP contribution >= 0.6 is 0 Å². The van der Waals surface area contributed by atoms with Gasteiger partial charge in [0, 0.05) is 51.6 Å². The topological polar surface area (TPSA) is 97.4 Å². The molecule has 2 aromatic heterocycles. The lowest BCUT2D eigenvalue weighted by Crippen LogP contribution is -2.42. The average molecular weight is 400 g/mol. The van der Waals surface area contributed by atoms with E-state index < -0.39 is 0 Å². The van der Waals surface area contributed by atoms with Crippen LogP contribution in [0.3, 0.4) is 0 Å². The molecule has 3 heterocycles. The molecule has 2 fully saturated rings. The van der Waals surface area contributed by atoms with Gasteiger partial charge in [0.05, 0.1) is 6.04 Å². The first-order chi connectivity index (χ1) is 13.9. The van der Waals surface area contributed by atoms with E-state index in [1.54, 1.807) is 22.6 Å². The third-order valence-corrected chi connectivity index (χ3v) is 6.14. The molecule has 0 spiro atoms. The fourth-order valence-corrected chi connectivity index (χ4v) is 4.02. The van der Waals surface area contributed by atoms with Gasteiger partial charge in [-0.05, 0) is 32.3 Å². The van der Waals surface area contributed by atoms with Crippen molar-refractivity contribution >= 4 is 11.8 Å². The third-order valence-electron chi connectivity index (χ3n) is 6.14. The van der Waals surface area contributed by atoms with E-state index in [4.69, 9.17) is 4.52 Å². The van der Waals surface area contributed by atoms with E-state index >= 15 is 0 Å². The molecule has 9 nitrogen and oxygen atoms in total. The van der Waals surface area contributed by atoms with Crippen molar-refractivity contribution in [2.24, 2.45) is 7.05 Å². The summed E-state index contributed by atoms with van der Waals surface area (Å²) in [7, 11) is 1.82. The van der Waals surface area contributed by atoms with Crippen LogP contribution < -0.4 is 0 Å². The summed E-state index contributed by atoms with van der Waals surface area (Å²) >= 11 is 0. The predicted molar refractivity (Wildman–Crippen MR) is 104 cm³/mol. The van der Waals surface area contributed by atoms with Crippen LogP contribution in [0, 0.1) is 6.92 Å². The van der Waals surface area contributed by atoms with Gasteiger partial charge in [-0.15, -0.1) is 0 Å². The molecule has 156 valence electrons. The minimum atomic E-state index is -0.0805. The van der Waals surface area contributed by atoms with E-state index in [1.807, 2.05) is 18.9 Å². The number of carbonyl (C=O) groups is 2. The highest BCUT2D eigenvalue weighted by molar-refractivity contribution is 5.92. The Morgan fingerprint density at radius 1 is 1.31 bits per heavy atom. The highest BCUT2D eigenvalue weighted by Gasteiger charge is 2.33. The van der Waals surface area contributed by atoms with Crippen LogP contribution in [0.4, 0.5) is 0 Å². The maximum Gasteiger partial charge on any atom is 0.274 e. The lowest BCUT2D eigenvalue weighted by atomic mass is 9.85. The fraction of sp³-hybridized carbons (Fsp3) is 0.650. The molecule has 1 unspecified atom stereocenters. The van der Waals surface area contributed by atoms with Gasteiger partial charge in [-0.25, -0.2) is 0 Å². The molecule has 9 heteroatoms. The third kappa shape index (κ3) is 4.04. The van der Waals surface area contributed by atoms with Crippen molar-refractivity contribution in [1.82, 2.24) is 29.7 Å². The van der Waals surface area contributed by atoms with Crippen LogP contribution in [0.25, 0.3) is 0 Å². The predicted octanol–water partition coefficient (Wildman–Crippen LogP) is 1.68. The second-order valence-corrected chi connectivity index (χ2v) is 8.13. The number of aromatic nitrogens is 4. The Morgan fingerprint density at radius 2 is 2.10 bits per heavy atom.